The molecule has 5 rings (SSSR count). The van der Waals surface area contributed by atoms with Gasteiger partial charge in [0.25, 0.3) is 5.91 Å². The van der Waals surface area contributed by atoms with Crippen LogP contribution in [0.3, 0.4) is 0 Å². The zero-order valence-corrected chi connectivity index (χ0v) is 23.3. The molecule has 2 heterocycles. The van der Waals surface area contributed by atoms with Gasteiger partial charge in [0.15, 0.2) is 0 Å². The van der Waals surface area contributed by atoms with Gasteiger partial charge < -0.3 is 15.2 Å². The number of rotatable bonds is 5. The van der Waals surface area contributed by atoms with Crippen LogP contribution in [0, 0.1) is 17.2 Å². The van der Waals surface area contributed by atoms with Crippen LogP contribution < -0.4 is 5.32 Å². The van der Waals surface area contributed by atoms with Crippen molar-refractivity contribution in [2.45, 2.75) is 35.3 Å². The standard InChI is InChI=1S/C26H25Cl2N3O5S2/c27-21-13-22(28)24(38(34,35)31-7-9-36-10-8-31)12-19(21)25(33)30-26-20(14-29)18-6-3-16(11-23(18)37-26)15-1-4-17(32)5-2-15/h1-2,4-5,12-13,16,18,23,32H,3,6-11H2,(H,30,33)/t16-,18?,23?/m1/s1. The molecule has 8 nitrogen and oxygen atoms in total. The van der Waals surface area contributed by atoms with Crippen LogP contribution in [-0.4, -0.2) is 55.3 Å². The van der Waals surface area contributed by atoms with E-state index in [0.717, 1.165) is 24.8 Å². The molecule has 2 N–H and O–H groups in total. The van der Waals surface area contributed by atoms with Crippen molar-refractivity contribution in [3.63, 3.8) is 0 Å². The number of halogens is 2. The van der Waals surface area contributed by atoms with Gasteiger partial charge in [-0.1, -0.05) is 35.3 Å². The first-order valence-electron chi connectivity index (χ1n) is 12.2. The van der Waals surface area contributed by atoms with Crippen molar-refractivity contribution in [1.82, 2.24) is 9.62 Å². The van der Waals surface area contributed by atoms with Gasteiger partial charge in [0.05, 0.1) is 45.5 Å². The third-order valence-corrected chi connectivity index (χ3v) is 11.3. The van der Waals surface area contributed by atoms with E-state index in [-0.39, 0.29) is 69.6 Å². The molecule has 2 aromatic rings. The molecule has 2 aromatic carbocycles. The van der Waals surface area contributed by atoms with E-state index >= 15 is 0 Å². The number of thioether (sulfide) groups is 1. The highest BCUT2D eigenvalue weighted by atomic mass is 35.5. The number of hydrogen-bond acceptors (Lipinski definition) is 7. The molecule has 1 saturated heterocycles. The minimum absolute atomic E-state index is 0.0142. The van der Waals surface area contributed by atoms with Crippen molar-refractivity contribution in [2.75, 3.05) is 26.3 Å². The van der Waals surface area contributed by atoms with Crippen molar-refractivity contribution in [2.24, 2.45) is 5.92 Å². The summed E-state index contributed by atoms with van der Waals surface area (Å²) in [6.45, 7) is 0.920. The van der Waals surface area contributed by atoms with E-state index in [1.165, 1.54) is 28.2 Å². The Morgan fingerprint density at radius 3 is 2.53 bits per heavy atom. The monoisotopic (exact) mass is 593 g/mol. The molecule has 38 heavy (non-hydrogen) atoms. The van der Waals surface area contributed by atoms with Crippen LogP contribution in [0.2, 0.25) is 10.0 Å². The van der Waals surface area contributed by atoms with Crippen molar-refractivity contribution in [3.8, 4) is 11.8 Å². The Labute approximate surface area is 235 Å². The van der Waals surface area contributed by atoms with Gasteiger partial charge in [-0.2, -0.15) is 9.57 Å². The van der Waals surface area contributed by atoms with Crippen LogP contribution in [0.1, 0.15) is 41.1 Å². The van der Waals surface area contributed by atoms with Crippen LogP contribution >= 0.6 is 35.0 Å². The number of amides is 1. The Morgan fingerprint density at radius 2 is 1.84 bits per heavy atom. The van der Waals surface area contributed by atoms with Gasteiger partial charge in [0.2, 0.25) is 10.0 Å². The second kappa shape index (κ2) is 11.1. The Kier molecular flexibility index (Phi) is 7.96. The maximum atomic E-state index is 13.3. The van der Waals surface area contributed by atoms with E-state index in [4.69, 9.17) is 27.9 Å². The van der Waals surface area contributed by atoms with Crippen LogP contribution in [0.4, 0.5) is 0 Å². The molecule has 0 bridgehead atoms. The van der Waals surface area contributed by atoms with Gasteiger partial charge in [0, 0.05) is 24.3 Å². The van der Waals surface area contributed by atoms with Gasteiger partial charge >= 0.3 is 0 Å². The summed E-state index contributed by atoms with van der Waals surface area (Å²) in [4.78, 5) is 13.1. The molecule has 2 aliphatic heterocycles. The summed E-state index contributed by atoms with van der Waals surface area (Å²) >= 11 is 14.0. The number of carbonyl (C=O) groups is 1. The second-order valence-electron chi connectivity index (χ2n) is 9.45. The molecule has 1 amide bonds. The lowest BCUT2D eigenvalue weighted by molar-refractivity contribution is 0.0730. The minimum atomic E-state index is -3.96. The molecule has 200 valence electrons. The van der Waals surface area contributed by atoms with Crippen LogP contribution in [-0.2, 0) is 14.8 Å². The lowest BCUT2D eigenvalue weighted by Crippen LogP contribution is -2.40. The number of hydrogen-bond donors (Lipinski definition) is 2. The normalized spacial score (nSPS) is 24.1. The molecule has 0 spiro atoms. The van der Waals surface area contributed by atoms with Gasteiger partial charge in [-0.3, -0.25) is 4.79 Å². The molecular formula is C26H25Cl2N3O5S2. The maximum absolute atomic E-state index is 13.3. The van der Waals surface area contributed by atoms with Gasteiger partial charge in [-0.25, -0.2) is 8.42 Å². The molecule has 1 aliphatic carbocycles. The number of aromatic hydroxyl groups is 1. The van der Waals surface area contributed by atoms with Crippen molar-refractivity contribution in [1.29, 1.82) is 5.26 Å². The number of nitrogens with zero attached hydrogens (tertiary/aromatic N) is 2. The molecule has 2 unspecified atom stereocenters. The first-order chi connectivity index (χ1) is 18.2. The van der Waals surface area contributed by atoms with E-state index in [1.54, 1.807) is 12.1 Å². The first kappa shape index (κ1) is 27.3. The lowest BCUT2D eigenvalue weighted by atomic mass is 9.76. The third-order valence-electron chi connectivity index (χ3n) is 7.24. The number of allylic oxidation sites excluding steroid dienone is 1. The number of nitriles is 1. The Balaban J connectivity index is 1.36. The van der Waals surface area contributed by atoms with Gasteiger partial charge in [0.1, 0.15) is 10.6 Å². The number of phenols is 1. The fraction of sp³-hybridized carbons (Fsp3) is 0.385. The van der Waals surface area contributed by atoms with E-state index in [0.29, 0.717) is 10.6 Å². The summed E-state index contributed by atoms with van der Waals surface area (Å²) < 4.78 is 32.9. The highest BCUT2D eigenvalue weighted by molar-refractivity contribution is 8.04. The largest absolute Gasteiger partial charge is 0.508 e. The number of sulfonamides is 1. The first-order valence-corrected chi connectivity index (χ1v) is 15.2. The Bertz CT molecular complexity index is 1430. The quantitative estimate of drug-likeness (QED) is 0.506. The van der Waals surface area contributed by atoms with Crippen molar-refractivity contribution >= 4 is 50.9 Å². The van der Waals surface area contributed by atoms with Crippen molar-refractivity contribution < 1.29 is 23.1 Å². The highest BCUT2D eigenvalue weighted by Crippen LogP contribution is 2.51. The third kappa shape index (κ3) is 5.28. The van der Waals surface area contributed by atoms with Gasteiger partial charge in [-0.15, -0.1) is 11.8 Å². The summed E-state index contributed by atoms with van der Waals surface area (Å²) in [6.07, 6.45) is 2.52. The number of morpholine rings is 1. The number of nitrogens with one attached hydrogen (secondary N) is 1. The average molecular weight is 595 g/mol. The van der Waals surface area contributed by atoms with Gasteiger partial charge in [-0.05, 0) is 55.0 Å². The van der Waals surface area contributed by atoms with Crippen molar-refractivity contribution in [3.05, 3.63) is 68.2 Å². The van der Waals surface area contributed by atoms with Crippen LogP contribution in [0.25, 0.3) is 0 Å². The topological polar surface area (TPSA) is 120 Å². The van der Waals surface area contributed by atoms with Crippen LogP contribution in [0.15, 0.2) is 51.9 Å². The molecule has 0 radical (unpaired) electrons. The maximum Gasteiger partial charge on any atom is 0.257 e. The van der Waals surface area contributed by atoms with E-state index < -0.39 is 15.9 Å². The zero-order valence-electron chi connectivity index (χ0n) is 20.2. The highest BCUT2D eigenvalue weighted by Gasteiger charge is 2.41. The fourth-order valence-corrected chi connectivity index (χ4v) is 9.03. The lowest BCUT2D eigenvalue weighted by Gasteiger charge is -2.31. The number of phenolic OH excluding ortho intramolecular Hbond substituents is 1. The molecule has 3 aliphatic rings. The predicted molar refractivity (Wildman–Crippen MR) is 146 cm³/mol. The molecule has 2 fully saturated rings. The molecular weight excluding hydrogens is 569 g/mol. The minimum Gasteiger partial charge on any atom is -0.508 e. The summed E-state index contributed by atoms with van der Waals surface area (Å²) in [6, 6.07) is 11.9. The Hall–Kier alpha value is -2.26. The molecule has 1 saturated carbocycles. The smallest absolute Gasteiger partial charge is 0.257 e. The number of benzene rings is 2. The predicted octanol–water partition coefficient (Wildman–Crippen LogP) is 4.88. The number of carbonyl (C=O) groups excluding carboxylic acids is 1. The number of ether oxygens (including phenoxy) is 1. The molecule has 0 aromatic heterocycles. The fourth-order valence-electron chi connectivity index (χ4n) is 5.25. The zero-order chi connectivity index (χ0) is 27.0. The van der Waals surface area contributed by atoms with E-state index in [2.05, 4.69) is 11.4 Å². The summed E-state index contributed by atoms with van der Waals surface area (Å²) in [7, 11) is -3.96. The number of fused-ring (bicyclic) bond motifs is 1. The van der Waals surface area contributed by atoms with Crippen LogP contribution in [0.5, 0.6) is 5.75 Å². The second-order valence-corrected chi connectivity index (χ2v) is 13.4. The average Bonchev–Trinajstić information content (AvgIpc) is 3.25. The van der Waals surface area contributed by atoms with E-state index in [9.17, 15) is 23.6 Å². The summed E-state index contributed by atoms with van der Waals surface area (Å²) in [5.74, 6) is -0.0726. The summed E-state index contributed by atoms with van der Waals surface area (Å²) in [5, 5.41) is 22.9. The Morgan fingerprint density at radius 1 is 1.13 bits per heavy atom. The molecule has 12 heteroatoms. The molecule has 3 atom stereocenters. The summed E-state index contributed by atoms with van der Waals surface area (Å²) in [5.41, 5.74) is 1.63. The van der Waals surface area contributed by atoms with E-state index in [1.807, 2.05) is 12.1 Å². The SMILES string of the molecule is N#CC1=C(NC(=O)c2cc(S(=O)(=O)N3CCOCC3)c(Cl)cc2Cl)SC2C[C@H](c3ccc(O)cc3)CCC12.